The summed E-state index contributed by atoms with van der Waals surface area (Å²) in [6.07, 6.45) is 0.796. The highest BCUT2D eigenvalue weighted by molar-refractivity contribution is 5.81. The number of fused-ring (bicyclic) bond motifs is 1. The summed E-state index contributed by atoms with van der Waals surface area (Å²) in [5.74, 6) is 0.809. The number of hydrogen-bond acceptors (Lipinski definition) is 3. The van der Waals surface area contributed by atoms with E-state index < -0.39 is 0 Å². The average molecular weight is 249 g/mol. The van der Waals surface area contributed by atoms with Gasteiger partial charge in [0.2, 0.25) is 0 Å². The van der Waals surface area contributed by atoms with Gasteiger partial charge in [-0.15, -0.1) is 0 Å². The summed E-state index contributed by atoms with van der Waals surface area (Å²) >= 11 is 0. The molecule has 2 N–H and O–H groups in total. The lowest BCUT2D eigenvalue weighted by atomic mass is 10.1. The zero-order valence-electron chi connectivity index (χ0n) is 10.8. The first-order valence-corrected chi connectivity index (χ1v) is 6.29. The number of hydrogen-bond donors (Lipinski definition) is 1. The summed E-state index contributed by atoms with van der Waals surface area (Å²) in [5.41, 5.74) is 9.76. The molecule has 3 heteroatoms. The van der Waals surface area contributed by atoms with Crippen LogP contribution in [-0.2, 0) is 6.42 Å². The smallest absolute Gasteiger partial charge is 0.126 e. The summed E-state index contributed by atoms with van der Waals surface area (Å²) in [4.78, 5) is 9.04. The second-order valence-electron chi connectivity index (χ2n) is 4.65. The van der Waals surface area contributed by atoms with E-state index in [9.17, 15) is 0 Å². The van der Waals surface area contributed by atoms with Crippen molar-refractivity contribution in [2.45, 2.75) is 13.3 Å². The zero-order chi connectivity index (χ0) is 13.2. The highest BCUT2D eigenvalue weighted by atomic mass is 14.9. The van der Waals surface area contributed by atoms with Crippen molar-refractivity contribution in [3.63, 3.8) is 0 Å². The number of nitrogens with zero attached hydrogens (tertiary/aromatic N) is 2. The topological polar surface area (TPSA) is 51.8 Å². The van der Waals surface area contributed by atoms with Gasteiger partial charge >= 0.3 is 0 Å². The molecule has 0 aliphatic rings. The van der Waals surface area contributed by atoms with E-state index in [4.69, 9.17) is 5.73 Å². The monoisotopic (exact) mass is 249 g/mol. The van der Waals surface area contributed by atoms with E-state index in [1.807, 2.05) is 49.4 Å². The van der Waals surface area contributed by atoms with Crippen LogP contribution in [0, 0.1) is 6.92 Å². The molecule has 3 rings (SSSR count). The van der Waals surface area contributed by atoms with Crippen molar-refractivity contribution in [2.24, 2.45) is 0 Å². The molecule has 0 amide bonds. The highest BCUT2D eigenvalue weighted by Crippen LogP contribution is 2.19. The zero-order valence-corrected chi connectivity index (χ0v) is 10.8. The Bertz CT molecular complexity index is 718. The molecular weight excluding hydrogens is 234 g/mol. The van der Waals surface area contributed by atoms with E-state index in [1.54, 1.807) is 0 Å². The molecule has 2 aromatic carbocycles. The third kappa shape index (κ3) is 2.40. The molecule has 94 valence electrons. The fraction of sp³-hybridized carbons (Fsp3) is 0.125. The summed E-state index contributed by atoms with van der Waals surface area (Å²) in [6.45, 7) is 1.93. The van der Waals surface area contributed by atoms with E-state index in [0.29, 0.717) is 0 Å². The lowest BCUT2D eigenvalue weighted by Gasteiger charge is -2.07. The number of aromatic nitrogens is 2. The van der Waals surface area contributed by atoms with Gasteiger partial charge < -0.3 is 5.73 Å². The van der Waals surface area contributed by atoms with Crippen molar-refractivity contribution in [2.75, 3.05) is 5.73 Å². The average Bonchev–Trinajstić information content (AvgIpc) is 2.41. The van der Waals surface area contributed by atoms with Gasteiger partial charge in [-0.05, 0) is 30.7 Å². The highest BCUT2D eigenvalue weighted by Gasteiger charge is 2.06. The summed E-state index contributed by atoms with van der Waals surface area (Å²) in [5, 5.41) is 1.12. The number of rotatable bonds is 2. The van der Waals surface area contributed by atoms with E-state index >= 15 is 0 Å². The number of nitrogens with two attached hydrogens (primary N) is 1. The Labute approximate surface area is 112 Å². The first-order chi connectivity index (χ1) is 9.22. The molecule has 0 atom stereocenters. The number of aryl methyl sites for hydroxylation is 1. The SMILES string of the molecule is Cc1nc(Cc2ccc(N)cc2)c2ccccc2n1. The normalized spacial score (nSPS) is 10.8. The Kier molecular flexibility index (Phi) is 2.88. The molecule has 3 nitrogen and oxygen atoms in total. The van der Waals surface area contributed by atoms with Crippen LogP contribution >= 0.6 is 0 Å². The molecule has 1 aromatic heterocycles. The number of nitrogen functional groups attached to an aromatic ring is 1. The van der Waals surface area contributed by atoms with Gasteiger partial charge in [-0.3, -0.25) is 0 Å². The Morgan fingerprint density at radius 2 is 1.68 bits per heavy atom. The predicted octanol–water partition coefficient (Wildman–Crippen LogP) is 3.11. The minimum atomic E-state index is 0.785. The van der Waals surface area contributed by atoms with Gasteiger partial charge in [-0.1, -0.05) is 30.3 Å². The molecule has 0 aliphatic heterocycles. The first kappa shape index (κ1) is 11.7. The van der Waals surface area contributed by atoms with Gasteiger partial charge in [0.25, 0.3) is 0 Å². The second-order valence-corrected chi connectivity index (χ2v) is 4.65. The Morgan fingerprint density at radius 3 is 2.47 bits per heavy atom. The predicted molar refractivity (Wildman–Crippen MR) is 77.9 cm³/mol. The second kappa shape index (κ2) is 4.69. The van der Waals surface area contributed by atoms with Crippen molar-refractivity contribution in [3.8, 4) is 0 Å². The molecule has 0 fully saturated rings. The van der Waals surface area contributed by atoms with E-state index in [-0.39, 0.29) is 0 Å². The van der Waals surface area contributed by atoms with Crippen LogP contribution in [0.5, 0.6) is 0 Å². The van der Waals surface area contributed by atoms with Gasteiger partial charge in [0.1, 0.15) is 5.82 Å². The quantitative estimate of drug-likeness (QED) is 0.710. The van der Waals surface area contributed by atoms with Crippen molar-refractivity contribution in [3.05, 3.63) is 65.6 Å². The van der Waals surface area contributed by atoms with Crippen LogP contribution in [-0.4, -0.2) is 9.97 Å². The summed E-state index contributed by atoms with van der Waals surface area (Å²) in [6, 6.07) is 16.0. The number of benzene rings is 2. The fourth-order valence-corrected chi connectivity index (χ4v) is 2.23. The molecule has 1 heterocycles. The molecule has 0 spiro atoms. The lowest BCUT2D eigenvalue weighted by molar-refractivity contribution is 1.00. The number of para-hydroxylation sites is 1. The molecule has 0 radical (unpaired) electrons. The first-order valence-electron chi connectivity index (χ1n) is 6.29. The Morgan fingerprint density at radius 1 is 0.947 bits per heavy atom. The van der Waals surface area contributed by atoms with Crippen LogP contribution < -0.4 is 5.73 Å². The van der Waals surface area contributed by atoms with E-state index in [0.717, 1.165) is 34.5 Å². The van der Waals surface area contributed by atoms with Gasteiger partial charge in [0.15, 0.2) is 0 Å². The van der Waals surface area contributed by atoms with Crippen LogP contribution in [0.1, 0.15) is 17.1 Å². The molecule has 0 unspecified atom stereocenters. The summed E-state index contributed by atoms with van der Waals surface area (Å²) < 4.78 is 0. The van der Waals surface area contributed by atoms with Crippen LogP contribution in [0.15, 0.2) is 48.5 Å². The largest absolute Gasteiger partial charge is 0.399 e. The molecule has 3 aromatic rings. The Hall–Kier alpha value is -2.42. The summed E-state index contributed by atoms with van der Waals surface area (Å²) in [7, 11) is 0. The van der Waals surface area contributed by atoms with Crippen molar-refractivity contribution < 1.29 is 0 Å². The van der Waals surface area contributed by atoms with Gasteiger partial charge in [0, 0.05) is 17.5 Å². The molecular formula is C16H15N3. The van der Waals surface area contributed by atoms with E-state index in [1.165, 1.54) is 5.56 Å². The molecule has 0 saturated carbocycles. The maximum atomic E-state index is 5.71. The minimum Gasteiger partial charge on any atom is -0.399 e. The third-order valence-corrected chi connectivity index (χ3v) is 3.15. The molecule has 0 aliphatic carbocycles. The molecule has 0 saturated heterocycles. The van der Waals surface area contributed by atoms with Crippen LogP contribution in [0.3, 0.4) is 0 Å². The molecule has 0 bridgehead atoms. The maximum Gasteiger partial charge on any atom is 0.126 e. The van der Waals surface area contributed by atoms with Crippen LogP contribution in [0.25, 0.3) is 10.9 Å². The maximum absolute atomic E-state index is 5.71. The number of anilines is 1. The molecule has 19 heavy (non-hydrogen) atoms. The van der Waals surface area contributed by atoms with Crippen LogP contribution in [0.4, 0.5) is 5.69 Å². The Balaban J connectivity index is 2.07. The third-order valence-electron chi connectivity index (χ3n) is 3.15. The van der Waals surface area contributed by atoms with Crippen LogP contribution in [0.2, 0.25) is 0 Å². The van der Waals surface area contributed by atoms with Crippen molar-refractivity contribution >= 4 is 16.6 Å². The van der Waals surface area contributed by atoms with Gasteiger partial charge in [0.05, 0.1) is 11.2 Å². The minimum absolute atomic E-state index is 0.785. The standard InChI is InChI=1S/C16H15N3/c1-11-18-15-5-3-2-4-14(15)16(19-11)10-12-6-8-13(17)9-7-12/h2-9H,10,17H2,1H3. The van der Waals surface area contributed by atoms with E-state index in [2.05, 4.69) is 16.0 Å². The fourth-order valence-electron chi connectivity index (χ4n) is 2.23. The van der Waals surface area contributed by atoms with Gasteiger partial charge in [-0.2, -0.15) is 0 Å². The van der Waals surface area contributed by atoms with Crippen molar-refractivity contribution in [1.82, 2.24) is 9.97 Å². The lowest BCUT2D eigenvalue weighted by Crippen LogP contribution is -1.99. The van der Waals surface area contributed by atoms with Gasteiger partial charge in [-0.25, -0.2) is 9.97 Å². The van der Waals surface area contributed by atoms with Crippen molar-refractivity contribution in [1.29, 1.82) is 0 Å².